The standard InChI is InChI=1S/C16H20N2O2/c17-16(19)8-9-20-13-6-4-12(5-7-13)18-15-10-11-2-1-3-14(11)15/h1,3-7,11,14-15,18H,2,8-10H2,(H2,17,19). The van der Waals surface area contributed by atoms with Gasteiger partial charge in [0.25, 0.3) is 0 Å². The minimum absolute atomic E-state index is 0.247. The fourth-order valence-electron chi connectivity index (χ4n) is 3.01. The van der Waals surface area contributed by atoms with Crippen LogP contribution >= 0.6 is 0 Å². The van der Waals surface area contributed by atoms with Crippen molar-refractivity contribution >= 4 is 11.6 Å². The smallest absolute Gasteiger partial charge is 0.220 e. The van der Waals surface area contributed by atoms with E-state index >= 15 is 0 Å². The molecule has 4 heteroatoms. The van der Waals surface area contributed by atoms with Crippen LogP contribution in [0.25, 0.3) is 0 Å². The van der Waals surface area contributed by atoms with E-state index in [1.165, 1.54) is 12.8 Å². The first kappa shape index (κ1) is 13.0. The van der Waals surface area contributed by atoms with Gasteiger partial charge in [0.15, 0.2) is 0 Å². The number of allylic oxidation sites excluding steroid dienone is 1. The Labute approximate surface area is 119 Å². The number of fused-ring (bicyclic) bond motifs is 1. The van der Waals surface area contributed by atoms with Crippen LogP contribution in [0, 0.1) is 11.8 Å². The van der Waals surface area contributed by atoms with Gasteiger partial charge in [-0.2, -0.15) is 0 Å². The van der Waals surface area contributed by atoms with Crippen molar-refractivity contribution in [3.05, 3.63) is 36.4 Å². The van der Waals surface area contributed by atoms with Crippen molar-refractivity contribution in [1.29, 1.82) is 0 Å². The summed E-state index contributed by atoms with van der Waals surface area (Å²) in [7, 11) is 0. The number of hydrogen-bond donors (Lipinski definition) is 2. The van der Waals surface area contributed by atoms with E-state index in [0.29, 0.717) is 18.6 Å². The van der Waals surface area contributed by atoms with Gasteiger partial charge in [0.05, 0.1) is 13.0 Å². The van der Waals surface area contributed by atoms with Crippen molar-refractivity contribution in [2.75, 3.05) is 11.9 Å². The molecule has 0 radical (unpaired) electrons. The molecule has 3 N–H and O–H groups in total. The number of rotatable bonds is 6. The molecule has 0 saturated heterocycles. The van der Waals surface area contributed by atoms with Crippen molar-refractivity contribution in [3.8, 4) is 5.75 Å². The van der Waals surface area contributed by atoms with E-state index in [1.807, 2.05) is 24.3 Å². The second-order valence-corrected chi connectivity index (χ2v) is 5.58. The zero-order valence-electron chi connectivity index (χ0n) is 11.4. The van der Waals surface area contributed by atoms with Crippen LogP contribution in [0.4, 0.5) is 5.69 Å². The van der Waals surface area contributed by atoms with Crippen molar-refractivity contribution < 1.29 is 9.53 Å². The largest absolute Gasteiger partial charge is 0.493 e. The maximum atomic E-state index is 10.6. The first-order chi connectivity index (χ1) is 9.72. The number of nitrogens with two attached hydrogens (primary N) is 1. The molecular weight excluding hydrogens is 252 g/mol. The Hall–Kier alpha value is -1.97. The predicted molar refractivity (Wildman–Crippen MR) is 78.5 cm³/mol. The molecule has 4 nitrogen and oxygen atoms in total. The molecule has 0 aromatic heterocycles. The normalized spacial score (nSPS) is 26.7. The van der Waals surface area contributed by atoms with Gasteiger partial charge in [-0.25, -0.2) is 0 Å². The molecule has 20 heavy (non-hydrogen) atoms. The summed E-state index contributed by atoms with van der Waals surface area (Å²) >= 11 is 0. The lowest BCUT2D eigenvalue weighted by molar-refractivity contribution is -0.118. The Kier molecular flexibility index (Phi) is 3.63. The average molecular weight is 272 g/mol. The minimum Gasteiger partial charge on any atom is -0.493 e. The van der Waals surface area contributed by atoms with Crippen LogP contribution in [0.3, 0.4) is 0 Å². The summed E-state index contributed by atoms with van der Waals surface area (Å²) in [4.78, 5) is 10.6. The monoisotopic (exact) mass is 272 g/mol. The highest BCUT2D eigenvalue weighted by Gasteiger charge is 2.40. The maximum Gasteiger partial charge on any atom is 0.220 e. The highest BCUT2D eigenvalue weighted by molar-refractivity contribution is 5.73. The number of benzene rings is 1. The first-order valence-electron chi connectivity index (χ1n) is 7.17. The molecule has 1 fully saturated rings. The maximum absolute atomic E-state index is 10.6. The Balaban J connectivity index is 1.49. The number of primary amides is 1. The second-order valence-electron chi connectivity index (χ2n) is 5.58. The van der Waals surface area contributed by atoms with Crippen LogP contribution in [0.5, 0.6) is 5.75 Å². The molecule has 0 spiro atoms. The molecule has 1 amide bonds. The van der Waals surface area contributed by atoms with Gasteiger partial charge in [-0.05, 0) is 43.0 Å². The summed E-state index contributed by atoms with van der Waals surface area (Å²) in [6.07, 6.45) is 7.39. The first-order valence-corrected chi connectivity index (χ1v) is 7.17. The number of anilines is 1. The summed E-state index contributed by atoms with van der Waals surface area (Å²) < 4.78 is 5.45. The lowest BCUT2D eigenvalue weighted by atomic mass is 9.71. The van der Waals surface area contributed by atoms with E-state index in [4.69, 9.17) is 10.5 Å². The van der Waals surface area contributed by atoms with Gasteiger partial charge in [0, 0.05) is 17.6 Å². The number of nitrogens with one attached hydrogen (secondary N) is 1. The zero-order chi connectivity index (χ0) is 13.9. The Morgan fingerprint density at radius 1 is 1.35 bits per heavy atom. The van der Waals surface area contributed by atoms with Crippen LogP contribution in [0.15, 0.2) is 36.4 Å². The number of amides is 1. The third-order valence-corrected chi connectivity index (χ3v) is 4.19. The van der Waals surface area contributed by atoms with E-state index in [-0.39, 0.29) is 12.3 Å². The molecule has 1 saturated carbocycles. The van der Waals surface area contributed by atoms with Gasteiger partial charge in [0.2, 0.25) is 5.91 Å². The lowest BCUT2D eigenvalue weighted by Gasteiger charge is -2.41. The van der Waals surface area contributed by atoms with Gasteiger partial charge >= 0.3 is 0 Å². The van der Waals surface area contributed by atoms with Gasteiger partial charge < -0.3 is 15.8 Å². The Bertz CT molecular complexity index is 510. The Morgan fingerprint density at radius 3 is 2.85 bits per heavy atom. The van der Waals surface area contributed by atoms with Crippen molar-refractivity contribution in [2.45, 2.75) is 25.3 Å². The Morgan fingerprint density at radius 2 is 2.15 bits per heavy atom. The van der Waals surface area contributed by atoms with Gasteiger partial charge in [-0.15, -0.1) is 0 Å². The van der Waals surface area contributed by atoms with Crippen molar-refractivity contribution in [3.63, 3.8) is 0 Å². The van der Waals surface area contributed by atoms with E-state index in [0.717, 1.165) is 17.4 Å². The molecular formula is C16H20N2O2. The molecule has 2 aliphatic rings. The van der Waals surface area contributed by atoms with Crippen molar-refractivity contribution in [2.24, 2.45) is 17.6 Å². The molecule has 0 bridgehead atoms. The summed E-state index contributed by atoms with van der Waals surface area (Å²) in [6.45, 7) is 0.333. The van der Waals surface area contributed by atoms with E-state index < -0.39 is 0 Å². The lowest BCUT2D eigenvalue weighted by Crippen LogP contribution is -2.43. The number of carbonyl (C=O) groups is 1. The molecule has 3 unspecified atom stereocenters. The number of carbonyl (C=O) groups excluding carboxylic acids is 1. The fraction of sp³-hybridized carbons (Fsp3) is 0.438. The SMILES string of the molecule is NC(=O)CCOc1ccc(NC2CC3CC=CC32)cc1. The van der Waals surface area contributed by atoms with Crippen LogP contribution in [0.1, 0.15) is 19.3 Å². The highest BCUT2D eigenvalue weighted by Crippen LogP contribution is 2.44. The molecule has 1 aromatic rings. The minimum atomic E-state index is -0.340. The predicted octanol–water partition coefficient (Wildman–Crippen LogP) is 2.32. The fourth-order valence-corrected chi connectivity index (χ4v) is 3.01. The third kappa shape index (κ3) is 2.79. The molecule has 1 aromatic carbocycles. The highest BCUT2D eigenvalue weighted by atomic mass is 16.5. The van der Waals surface area contributed by atoms with Gasteiger partial charge in [-0.3, -0.25) is 4.79 Å². The third-order valence-electron chi connectivity index (χ3n) is 4.19. The molecule has 3 atom stereocenters. The van der Waals surface area contributed by atoms with Crippen molar-refractivity contribution in [1.82, 2.24) is 0 Å². The molecule has 2 aliphatic carbocycles. The summed E-state index contributed by atoms with van der Waals surface area (Å²) in [5.74, 6) is 2.00. The summed E-state index contributed by atoms with van der Waals surface area (Å²) in [5, 5.41) is 3.57. The van der Waals surface area contributed by atoms with Crippen LogP contribution in [-0.4, -0.2) is 18.6 Å². The zero-order valence-corrected chi connectivity index (χ0v) is 11.4. The van der Waals surface area contributed by atoms with E-state index in [9.17, 15) is 4.79 Å². The van der Waals surface area contributed by atoms with E-state index in [1.54, 1.807) is 0 Å². The number of hydrogen-bond acceptors (Lipinski definition) is 3. The van der Waals surface area contributed by atoms with E-state index in [2.05, 4.69) is 17.5 Å². The molecule has 3 rings (SSSR count). The van der Waals surface area contributed by atoms with Crippen LogP contribution in [-0.2, 0) is 4.79 Å². The average Bonchev–Trinajstić information content (AvgIpc) is 2.79. The van der Waals surface area contributed by atoms with Gasteiger partial charge in [-0.1, -0.05) is 12.2 Å². The van der Waals surface area contributed by atoms with Gasteiger partial charge in [0.1, 0.15) is 5.75 Å². The van der Waals surface area contributed by atoms with Crippen LogP contribution < -0.4 is 15.8 Å². The topological polar surface area (TPSA) is 64.4 Å². The summed E-state index contributed by atoms with van der Waals surface area (Å²) in [6, 6.07) is 8.45. The van der Waals surface area contributed by atoms with Crippen LogP contribution in [0.2, 0.25) is 0 Å². The number of ether oxygens (including phenoxy) is 1. The summed E-state index contributed by atoms with van der Waals surface area (Å²) in [5.41, 5.74) is 6.19. The molecule has 106 valence electrons. The quantitative estimate of drug-likeness (QED) is 0.781. The molecule has 0 aliphatic heterocycles. The molecule has 0 heterocycles. The second kappa shape index (κ2) is 5.57.